The first-order chi connectivity index (χ1) is 8.09. The lowest BCUT2D eigenvalue weighted by molar-refractivity contribution is -0.109. The maximum atomic E-state index is 10.7. The Morgan fingerprint density at radius 3 is 2.82 bits per heavy atom. The summed E-state index contributed by atoms with van der Waals surface area (Å²) in [6.45, 7) is 1.61. The van der Waals surface area contributed by atoms with Gasteiger partial charge in [0.05, 0.1) is 0 Å². The second-order valence-electron chi connectivity index (χ2n) is 4.02. The van der Waals surface area contributed by atoms with Crippen LogP contribution in [0.1, 0.15) is 18.9 Å². The lowest BCUT2D eigenvalue weighted by Gasteiger charge is -2.12. The van der Waals surface area contributed by atoms with Crippen molar-refractivity contribution >= 4 is 28.6 Å². The van der Waals surface area contributed by atoms with Crippen molar-refractivity contribution in [1.82, 2.24) is 0 Å². The summed E-state index contributed by atoms with van der Waals surface area (Å²) >= 11 is 1.38. The van der Waals surface area contributed by atoms with Crippen LogP contribution in [0.25, 0.3) is 6.08 Å². The number of hydrogen-bond donors (Lipinski definition) is 0. The summed E-state index contributed by atoms with van der Waals surface area (Å²) in [7, 11) is 4.07. The second-order valence-corrected chi connectivity index (χ2v) is 5.29. The van der Waals surface area contributed by atoms with E-state index in [4.69, 9.17) is 0 Å². The summed E-state index contributed by atoms with van der Waals surface area (Å²) < 4.78 is 0. The Bertz CT molecular complexity index is 399. The van der Waals surface area contributed by atoms with Crippen LogP contribution in [0.5, 0.6) is 0 Å². The van der Waals surface area contributed by atoms with Crippen molar-refractivity contribution in [3.05, 3.63) is 35.9 Å². The molecule has 0 aliphatic heterocycles. The van der Waals surface area contributed by atoms with E-state index >= 15 is 0 Å². The molecule has 0 unspecified atom stereocenters. The molecule has 92 valence electrons. The molecule has 0 aromatic heterocycles. The van der Waals surface area contributed by atoms with E-state index in [2.05, 4.69) is 41.3 Å². The van der Waals surface area contributed by atoms with Gasteiger partial charge in [-0.05, 0) is 24.1 Å². The van der Waals surface area contributed by atoms with Crippen LogP contribution in [0.2, 0.25) is 0 Å². The van der Waals surface area contributed by atoms with Gasteiger partial charge in [0.15, 0.2) is 5.12 Å². The summed E-state index contributed by atoms with van der Waals surface area (Å²) in [6, 6.07) is 8.37. The highest BCUT2D eigenvalue weighted by Crippen LogP contribution is 2.15. The summed E-state index contributed by atoms with van der Waals surface area (Å²) in [6.07, 6.45) is 5.15. The van der Waals surface area contributed by atoms with Crippen molar-refractivity contribution in [2.24, 2.45) is 0 Å². The van der Waals surface area contributed by atoms with Gasteiger partial charge in [0, 0.05) is 32.5 Å². The van der Waals surface area contributed by atoms with Crippen LogP contribution in [0.3, 0.4) is 0 Å². The lowest BCUT2D eigenvalue weighted by atomic mass is 10.1. The van der Waals surface area contributed by atoms with E-state index in [1.807, 2.05) is 14.1 Å². The summed E-state index contributed by atoms with van der Waals surface area (Å²) in [5.74, 6) is 0.860. The largest absolute Gasteiger partial charge is 0.378 e. The summed E-state index contributed by atoms with van der Waals surface area (Å²) in [5, 5.41) is 0.188. The zero-order chi connectivity index (χ0) is 12.7. The Hall–Kier alpha value is -1.22. The smallest absolute Gasteiger partial charge is 0.185 e. The van der Waals surface area contributed by atoms with Gasteiger partial charge in [-0.1, -0.05) is 36.0 Å². The highest BCUT2D eigenvalue weighted by molar-refractivity contribution is 8.13. The predicted molar refractivity (Wildman–Crippen MR) is 77.6 cm³/mol. The van der Waals surface area contributed by atoms with Gasteiger partial charge in [0.2, 0.25) is 0 Å². The van der Waals surface area contributed by atoms with Crippen molar-refractivity contribution in [1.29, 1.82) is 0 Å². The number of hydrogen-bond acceptors (Lipinski definition) is 3. The van der Waals surface area contributed by atoms with E-state index in [9.17, 15) is 4.79 Å². The molecule has 1 rings (SSSR count). The normalized spacial score (nSPS) is 10.8. The highest BCUT2D eigenvalue weighted by atomic mass is 32.2. The standard InChI is InChI=1S/C14H19NOS/c1-12(16)17-10-5-4-7-13-8-6-9-14(11-13)15(2)3/h4,6-9,11H,5,10H2,1-3H3. The van der Waals surface area contributed by atoms with E-state index in [0.717, 1.165) is 12.2 Å². The third kappa shape index (κ3) is 5.59. The van der Waals surface area contributed by atoms with E-state index < -0.39 is 0 Å². The molecule has 0 saturated heterocycles. The SMILES string of the molecule is CC(=O)SCCC=Cc1cccc(N(C)C)c1. The van der Waals surface area contributed by atoms with Crippen molar-refractivity contribution in [3.63, 3.8) is 0 Å². The lowest BCUT2D eigenvalue weighted by Crippen LogP contribution is -2.08. The minimum absolute atomic E-state index is 0.188. The molecule has 0 bridgehead atoms. The quantitative estimate of drug-likeness (QED) is 0.746. The number of allylic oxidation sites excluding steroid dienone is 1. The number of carbonyl (C=O) groups is 1. The molecule has 0 fully saturated rings. The molecule has 1 aromatic rings. The number of thioether (sulfide) groups is 1. The molecule has 0 radical (unpaired) electrons. The van der Waals surface area contributed by atoms with E-state index in [0.29, 0.717) is 0 Å². The number of benzene rings is 1. The Balaban J connectivity index is 2.48. The topological polar surface area (TPSA) is 20.3 Å². The molecule has 0 N–H and O–H groups in total. The fourth-order valence-electron chi connectivity index (χ4n) is 1.40. The van der Waals surface area contributed by atoms with Gasteiger partial charge in [0.25, 0.3) is 0 Å². The molecule has 1 aromatic carbocycles. The van der Waals surface area contributed by atoms with Crippen LogP contribution in [0.15, 0.2) is 30.3 Å². The molecule has 0 heterocycles. The Morgan fingerprint density at radius 1 is 1.41 bits per heavy atom. The van der Waals surface area contributed by atoms with Crippen LogP contribution in [0, 0.1) is 0 Å². The van der Waals surface area contributed by atoms with Crippen LogP contribution in [-0.2, 0) is 4.79 Å². The molecule has 0 saturated carbocycles. The average Bonchev–Trinajstić information content (AvgIpc) is 2.28. The Kier molecular flexibility index (Phi) is 5.84. The molecular formula is C14H19NOS. The van der Waals surface area contributed by atoms with Crippen molar-refractivity contribution in [3.8, 4) is 0 Å². The minimum atomic E-state index is 0.188. The molecule has 0 amide bonds. The fraction of sp³-hybridized carbons (Fsp3) is 0.357. The number of anilines is 1. The number of carbonyl (C=O) groups excluding carboxylic acids is 1. The summed E-state index contributed by atoms with van der Waals surface area (Å²) in [4.78, 5) is 12.8. The highest BCUT2D eigenvalue weighted by Gasteiger charge is 1.95. The van der Waals surface area contributed by atoms with Gasteiger partial charge in [-0.2, -0.15) is 0 Å². The first-order valence-corrected chi connectivity index (χ1v) is 6.65. The molecule has 3 heteroatoms. The zero-order valence-corrected chi connectivity index (χ0v) is 11.5. The minimum Gasteiger partial charge on any atom is -0.378 e. The first-order valence-electron chi connectivity index (χ1n) is 5.67. The van der Waals surface area contributed by atoms with E-state index in [1.54, 1.807) is 6.92 Å². The van der Waals surface area contributed by atoms with Gasteiger partial charge in [-0.25, -0.2) is 0 Å². The Morgan fingerprint density at radius 2 is 2.18 bits per heavy atom. The maximum Gasteiger partial charge on any atom is 0.185 e. The van der Waals surface area contributed by atoms with Crippen molar-refractivity contribution in [2.75, 3.05) is 24.7 Å². The first kappa shape index (κ1) is 13.8. The second kappa shape index (κ2) is 7.17. The molecule has 17 heavy (non-hydrogen) atoms. The van der Waals surface area contributed by atoms with E-state index in [1.165, 1.54) is 23.0 Å². The van der Waals surface area contributed by atoms with Gasteiger partial charge < -0.3 is 4.90 Å². The van der Waals surface area contributed by atoms with Crippen LogP contribution >= 0.6 is 11.8 Å². The van der Waals surface area contributed by atoms with E-state index in [-0.39, 0.29) is 5.12 Å². The van der Waals surface area contributed by atoms with Crippen LogP contribution < -0.4 is 4.90 Å². The van der Waals surface area contributed by atoms with Crippen LogP contribution in [0.4, 0.5) is 5.69 Å². The third-order valence-corrected chi connectivity index (χ3v) is 3.13. The Labute approximate surface area is 108 Å². The van der Waals surface area contributed by atoms with Gasteiger partial charge in [-0.3, -0.25) is 4.79 Å². The maximum absolute atomic E-state index is 10.7. The van der Waals surface area contributed by atoms with Crippen molar-refractivity contribution < 1.29 is 4.79 Å². The molecule has 0 aliphatic carbocycles. The van der Waals surface area contributed by atoms with Gasteiger partial charge in [0.1, 0.15) is 0 Å². The number of nitrogens with zero attached hydrogens (tertiary/aromatic N) is 1. The van der Waals surface area contributed by atoms with Gasteiger partial charge >= 0.3 is 0 Å². The molecular weight excluding hydrogens is 230 g/mol. The summed E-state index contributed by atoms with van der Waals surface area (Å²) in [5.41, 5.74) is 2.40. The molecule has 0 aliphatic rings. The fourth-order valence-corrected chi connectivity index (χ4v) is 1.94. The molecule has 0 spiro atoms. The molecule has 0 atom stereocenters. The zero-order valence-electron chi connectivity index (χ0n) is 10.6. The van der Waals surface area contributed by atoms with Gasteiger partial charge in [-0.15, -0.1) is 0 Å². The van der Waals surface area contributed by atoms with Crippen LogP contribution in [-0.4, -0.2) is 25.0 Å². The number of rotatable bonds is 5. The monoisotopic (exact) mass is 249 g/mol. The average molecular weight is 249 g/mol. The predicted octanol–water partition coefficient (Wildman–Crippen LogP) is 3.44. The van der Waals surface area contributed by atoms with Crippen molar-refractivity contribution in [2.45, 2.75) is 13.3 Å². The molecule has 2 nitrogen and oxygen atoms in total. The third-order valence-electron chi connectivity index (χ3n) is 2.29.